The first-order valence-electron chi connectivity index (χ1n) is 5.93. The van der Waals surface area contributed by atoms with Crippen molar-refractivity contribution in [3.8, 4) is 0 Å². The minimum Gasteiger partial charge on any atom is -0.383 e. The number of carbonyl (C=O) groups excluding carboxylic acids is 2. The van der Waals surface area contributed by atoms with Gasteiger partial charge in [0.1, 0.15) is 0 Å². The van der Waals surface area contributed by atoms with Crippen molar-refractivity contribution in [3.63, 3.8) is 0 Å². The number of nitrogens with one attached hydrogen (secondary N) is 1. The Morgan fingerprint density at radius 2 is 2.05 bits per heavy atom. The Morgan fingerprint density at radius 1 is 1.35 bits per heavy atom. The summed E-state index contributed by atoms with van der Waals surface area (Å²) < 4.78 is 4.89. The summed E-state index contributed by atoms with van der Waals surface area (Å²) in [4.78, 5) is 24.7. The summed E-state index contributed by atoms with van der Waals surface area (Å²) in [7, 11) is 1.53. The molecule has 0 aliphatic carbocycles. The molecule has 0 aromatic heterocycles. The molecule has 0 unspecified atom stereocenters. The number of amides is 2. The number of benzene rings is 1. The van der Waals surface area contributed by atoms with Gasteiger partial charge in [-0.05, 0) is 18.2 Å². The van der Waals surface area contributed by atoms with E-state index in [1.54, 1.807) is 18.2 Å². The lowest BCUT2D eigenvalue weighted by Gasteiger charge is -2.20. The Bertz CT molecular complexity index is 495. The summed E-state index contributed by atoms with van der Waals surface area (Å²) in [6, 6.07) is 4.77. The summed E-state index contributed by atoms with van der Waals surface area (Å²) in [5.41, 5.74) is 0.416. The maximum absolute atomic E-state index is 11.9. The fraction of sp³-hybridized carbons (Fsp3) is 0.385. The molecule has 0 saturated heterocycles. The van der Waals surface area contributed by atoms with E-state index in [1.165, 1.54) is 18.9 Å². The first kappa shape index (κ1) is 16.8. The van der Waals surface area contributed by atoms with Crippen molar-refractivity contribution in [2.45, 2.75) is 6.92 Å². The molecule has 1 aromatic rings. The van der Waals surface area contributed by atoms with Crippen molar-refractivity contribution < 1.29 is 14.3 Å². The molecule has 0 atom stereocenters. The SMILES string of the molecule is COCCN(CC(=O)Nc1cc(Cl)ccc1Cl)C(C)=O. The number of ether oxygens (including phenoxy) is 1. The lowest BCUT2D eigenvalue weighted by molar-refractivity contribution is -0.133. The summed E-state index contributed by atoms with van der Waals surface area (Å²) >= 11 is 11.8. The largest absolute Gasteiger partial charge is 0.383 e. The summed E-state index contributed by atoms with van der Waals surface area (Å²) in [5.74, 6) is -0.546. The molecule has 0 bridgehead atoms. The molecule has 0 aliphatic rings. The third-order valence-corrected chi connectivity index (χ3v) is 3.11. The van der Waals surface area contributed by atoms with Gasteiger partial charge in [0.2, 0.25) is 11.8 Å². The average Bonchev–Trinajstić information content (AvgIpc) is 2.38. The molecule has 1 rings (SSSR count). The van der Waals surface area contributed by atoms with Gasteiger partial charge < -0.3 is 15.0 Å². The van der Waals surface area contributed by atoms with Gasteiger partial charge in [-0.25, -0.2) is 0 Å². The third kappa shape index (κ3) is 5.36. The molecule has 0 spiro atoms. The predicted molar refractivity (Wildman–Crippen MR) is 79.2 cm³/mol. The number of anilines is 1. The molecule has 1 aromatic carbocycles. The van der Waals surface area contributed by atoms with Crippen LogP contribution in [0.3, 0.4) is 0 Å². The molecule has 20 heavy (non-hydrogen) atoms. The molecule has 5 nitrogen and oxygen atoms in total. The number of hydrogen-bond acceptors (Lipinski definition) is 3. The van der Waals surface area contributed by atoms with Crippen LogP contribution in [-0.2, 0) is 14.3 Å². The fourth-order valence-corrected chi connectivity index (χ4v) is 1.84. The van der Waals surface area contributed by atoms with Crippen LogP contribution in [0.5, 0.6) is 0 Å². The Morgan fingerprint density at radius 3 is 2.65 bits per heavy atom. The number of rotatable bonds is 6. The molecule has 2 amide bonds. The van der Waals surface area contributed by atoms with E-state index in [1.807, 2.05) is 0 Å². The van der Waals surface area contributed by atoms with E-state index in [0.717, 1.165) is 0 Å². The molecule has 0 radical (unpaired) electrons. The van der Waals surface area contributed by atoms with Gasteiger partial charge in [-0.3, -0.25) is 9.59 Å². The number of halogens is 2. The second-order valence-corrected chi connectivity index (χ2v) is 4.95. The fourth-order valence-electron chi connectivity index (χ4n) is 1.51. The Labute approximate surface area is 127 Å². The van der Waals surface area contributed by atoms with E-state index in [0.29, 0.717) is 28.9 Å². The summed E-state index contributed by atoms with van der Waals surface area (Å²) in [6.07, 6.45) is 0. The van der Waals surface area contributed by atoms with Crippen molar-refractivity contribution in [1.29, 1.82) is 0 Å². The van der Waals surface area contributed by atoms with Crippen LogP contribution >= 0.6 is 23.2 Å². The topological polar surface area (TPSA) is 58.6 Å². The molecule has 0 aliphatic heterocycles. The van der Waals surface area contributed by atoms with Crippen LogP contribution in [0, 0.1) is 0 Å². The Hall–Kier alpha value is -1.30. The van der Waals surface area contributed by atoms with Crippen molar-refractivity contribution >= 4 is 40.7 Å². The minimum absolute atomic E-state index is 0.0679. The normalized spacial score (nSPS) is 10.2. The van der Waals surface area contributed by atoms with E-state index >= 15 is 0 Å². The second-order valence-electron chi connectivity index (χ2n) is 4.11. The highest BCUT2D eigenvalue weighted by molar-refractivity contribution is 6.35. The highest BCUT2D eigenvalue weighted by atomic mass is 35.5. The van der Waals surface area contributed by atoms with Crippen molar-refractivity contribution in [2.24, 2.45) is 0 Å². The van der Waals surface area contributed by atoms with E-state index in [2.05, 4.69) is 5.32 Å². The average molecular weight is 319 g/mol. The standard InChI is InChI=1S/C13H16Cl2N2O3/c1-9(18)17(5-6-20-2)8-13(19)16-12-7-10(14)3-4-11(12)15/h3-4,7H,5-6,8H2,1-2H3,(H,16,19). The molecule has 0 fully saturated rings. The zero-order valence-corrected chi connectivity index (χ0v) is 12.8. The first-order chi connectivity index (χ1) is 9.43. The molecular weight excluding hydrogens is 303 g/mol. The van der Waals surface area contributed by atoms with E-state index in [9.17, 15) is 9.59 Å². The van der Waals surface area contributed by atoms with E-state index < -0.39 is 0 Å². The molecular formula is C13H16Cl2N2O3. The maximum atomic E-state index is 11.9. The molecule has 7 heteroatoms. The predicted octanol–water partition coefficient (Wildman–Crippen LogP) is 2.43. The van der Waals surface area contributed by atoms with Crippen molar-refractivity contribution in [1.82, 2.24) is 4.90 Å². The van der Waals surface area contributed by atoms with E-state index in [-0.39, 0.29) is 18.4 Å². The molecule has 0 saturated carbocycles. The number of carbonyl (C=O) groups is 2. The summed E-state index contributed by atoms with van der Waals surface area (Å²) in [5, 5.41) is 3.47. The van der Waals surface area contributed by atoms with Gasteiger partial charge in [-0.15, -0.1) is 0 Å². The van der Waals surface area contributed by atoms with Crippen LogP contribution in [0.1, 0.15) is 6.92 Å². The van der Waals surface area contributed by atoms with Crippen LogP contribution < -0.4 is 5.32 Å². The lowest BCUT2D eigenvalue weighted by atomic mass is 10.3. The van der Waals surface area contributed by atoms with Gasteiger partial charge in [0.25, 0.3) is 0 Å². The van der Waals surface area contributed by atoms with Crippen molar-refractivity contribution in [2.75, 3.05) is 32.1 Å². The molecule has 110 valence electrons. The van der Waals surface area contributed by atoms with Gasteiger partial charge >= 0.3 is 0 Å². The molecule has 0 heterocycles. The van der Waals surface area contributed by atoms with Gasteiger partial charge in [0.15, 0.2) is 0 Å². The quantitative estimate of drug-likeness (QED) is 0.876. The smallest absolute Gasteiger partial charge is 0.244 e. The summed E-state index contributed by atoms with van der Waals surface area (Å²) in [6.45, 7) is 2.05. The highest BCUT2D eigenvalue weighted by Gasteiger charge is 2.14. The maximum Gasteiger partial charge on any atom is 0.244 e. The van der Waals surface area contributed by atoms with Crippen LogP contribution in [-0.4, -0.2) is 43.5 Å². The van der Waals surface area contributed by atoms with Gasteiger partial charge in [0.05, 0.1) is 23.9 Å². The number of nitrogens with zero attached hydrogens (tertiary/aromatic N) is 1. The van der Waals surface area contributed by atoms with Crippen LogP contribution in [0.25, 0.3) is 0 Å². The number of hydrogen-bond donors (Lipinski definition) is 1. The highest BCUT2D eigenvalue weighted by Crippen LogP contribution is 2.25. The first-order valence-corrected chi connectivity index (χ1v) is 6.69. The monoisotopic (exact) mass is 318 g/mol. The Balaban J connectivity index is 2.65. The minimum atomic E-state index is -0.347. The van der Waals surface area contributed by atoms with Gasteiger partial charge in [-0.2, -0.15) is 0 Å². The number of methoxy groups -OCH3 is 1. The Kier molecular flexibility index (Phi) is 6.78. The zero-order valence-electron chi connectivity index (χ0n) is 11.3. The van der Waals surface area contributed by atoms with E-state index in [4.69, 9.17) is 27.9 Å². The van der Waals surface area contributed by atoms with Crippen LogP contribution in [0.4, 0.5) is 5.69 Å². The van der Waals surface area contributed by atoms with Gasteiger partial charge in [0, 0.05) is 25.6 Å². The van der Waals surface area contributed by atoms with Crippen LogP contribution in [0.2, 0.25) is 10.0 Å². The second kappa shape index (κ2) is 8.09. The van der Waals surface area contributed by atoms with Crippen LogP contribution in [0.15, 0.2) is 18.2 Å². The third-order valence-electron chi connectivity index (χ3n) is 2.55. The molecule has 1 N–H and O–H groups in total. The van der Waals surface area contributed by atoms with Gasteiger partial charge in [-0.1, -0.05) is 23.2 Å². The lowest BCUT2D eigenvalue weighted by Crippen LogP contribution is -2.38. The van der Waals surface area contributed by atoms with Crippen molar-refractivity contribution in [3.05, 3.63) is 28.2 Å². The zero-order chi connectivity index (χ0) is 15.1.